The van der Waals surface area contributed by atoms with Gasteiger partial charge >= 0.3 is 6.61 Å². The first-order valence-corrected chi connectivity index (χ1v) is 7.46. The molecule has 1 atom stereocenters. The SMILES string of the molecule is CC(C)CC(CBr)NC(=O)c1cccc(OC(F)F)c1. The Labute approximate surface area is 125 Å². The molecule has 0 spiro atoms. The zero-order chi connectivity index (χ0) is 15.1. The highest BCUT2D eigenvalue weighted by molar-refractivity contribution is 9.09. The van der Waals surface area contributed by atoms with Gasteiger partial charge in [0, 0.05) is 16.9 Å². The van der Waals surface area contributed by atoms with Gasteiger partial charge in [-0.2, -0.15) is 8.78 Å². The molecule has 3 nitrogen and oxygen atoms in total. The fourth-order valence-electron chi connectivity index (χ4n) is 1.81. The molecule has 0 bridgehead atoms. The molecule has 20 heavy (non-hydrogen) atoms. The van der Waals surface area contributed by atoms with E-state index in [1.54, 1.807) is 6.07 Å². The molecule has 1 unspecified atom stereocenters. The Kier molecular flexibility index (Phi) is 6.91. The number of nitrogens with one attached hydrogen (secondary N) is 1. The summed E-state index contributed by atoms with van der Waals surface area (Å²) in [5, 5.41) is 3.51. The second-order valence-corrected chi connectivity index (χ2v) is 5.51. The topological polar surface area (TPSA) is 38.3 Å². The molecule has 0 radical (unpaired) electrons. The number of halogens is 3. The molecule has 0 aliphatic carbocycles. The maximum absolute atomic E-state index is 12.1. The molecule has 1 amide bonds. The van der Waals surface area contributed by atoms with E-state index in [0.717, 1.165) is 6.42 Å². The van der Waals surface area contributed by atoms with Gasteiger partial charge in [0.25, 0.3) is 5.91 Å². The van der Waals surface area contributed by atoms with Crippen LogP contribution in [0.3, 0.4) is 0 Å². The van der Waals surface area contributed by atoms with Crippen molar-refractivity contribution < 1.29 is 18.3 Å². The Bertz CT molecular complexity index is 441. The number of ether oxygens (including phenoxy) is 1. The van der Waals surface area contributed by atoms with E-state index in [9.17, 15) is 13.6 Å². The van der Waals surface area contributed by atoms with E-state index in [1.165, 1.54) is 18.2 Å². The van der Waals surface area contributed by atoms with Gasteiger partial charge in [-0.15, -0.1) is 0 Å². The third-order valence-corrected chi connectivity index (χ3v) is 3.38. The van der Waals surface area contributed by atoms with Gasteiger partial charge in [-0.25, -0.2) is 0 Å². The number of amides is 1. The zero-order valence-corrected chi connectivity index (χ0v) is 13.0. The lowest BCUT2D eigenvalue weighted by Crippen LogP contribution is -2.37. The average Bonchev–Trinajstić information content (AvgIpc) is 2.36. The summed E-state index contributed by atoms with van der Waals surface area (Å²) < 4.78 is 28.5. The van der Waals surface area contributed by atoms with Gasteiger partial charge in [0.1, 0.15) is 5.75 Å². The summed E-state index contributed by atoms with van der Waals surface area (Å²) in [7, 11) is 0. The number of hydrogen-bond donors (Lipinski definition) is 1. The van der Waals surface area contributed by atoms with E-state index in [2.05, 4.69) is 39.8 Å². The predicted molar refractivity (Wildman–Crippen MR) is 77.6 cm³/mol. The van der Waals surface area contributed by atoms with Crippen LogP contribution in [0.25, 0.3) is 0 Å². The molecule has 0 fully saturated rings. The fraction of sp³-hybridized carbons (Fsp3) is 0.500. The van der Waals surface area contributed by atoms with Crippen molar-refractivity contribution in [3.05, 3.63) is 29.8 Å². The summed E-state index contributed by atoms with van der Waals surface area (Å²) in [4.78, 5) is 12.1. The molecule has 1 aromatic rings. The quantitative estimate of drug-likeness (QED) is 0.759. The molecule has 1 N–H and O–H groups in total. The normalized spacial score (nSPS) is 12.6. The maximum atomic E-state index is 12.1. The van der Waals surface area contributed by atoms with Crippen LogP contribution in [0.4, 0.5) is 8.78 Å². The van der Waals surface area contributed by atoms with Crippen molar-refractivity contribution in [2.75, 3.05) is 5.33 Å². The molecule has 1 rings (SSSR count). The van der Waals surface area contributed by atoms with E-state index in [1.807, 2.05) is 0 Å². The number of rotatable bonds is 7. The van der Waals surface area contributed by atoms with Crippen molar-refractivity contribution in [2.45, 2.75) is 32.9 Å². The number of hydrogen-bond acceptors (Lipinski definition) is 2. The van der Waals surface area contributed by atoms with Crippen molar-refractivity contribution in [3.63, 3.8) is 0 Å². The lowest BCUT2D eigenvalue weighted by atomic mass is 10.0. The van der Waals surface area contributed by atoms with Crippen molar-refractivity contribution >= 4 is 21.8 Å². The molecule has 0 saturated carbocycles. The van der Waals surface area contributed by atoms with Gasteiger partial charge in [0.15, 0.2) is 0 Å². The average molecular weight is 350 g/mol. The molecule has 1 aromatic carbocycles. The number of carbonyl (C=O) groups excluding carboxylic acids is 1. The van der Waals surface area contributed by atoms with Crippen LogP contribution in [0.1, 0.15) is 30.6 Å². The van der Waals surface area contributed by atoms with Crippen LogP contribution in [0.15, 0.2) is 24.3 Å². The van der Waals surface area contributed by atoms with Gasteiger partial charge < -0.3 is 10.1 Å². The lowest BCUT2D eigenvalue weighted by Gasteiger charge is -2.18. The van der Waals surface area contributed by atoms with Crippen LogP contribution in [0, 0.1) is 5.92 Å². The molecule has 0 saturated heterocycles. The minimum Gasteiger partial charge on any atom is -0.435 e. The highest BCUT2D eigenvalue weighted by Crippen LogP contribution is 2.16. The third kappa shape index (κ3) is 5.86. The first-order valence-electron chi connectivity index (χ1n) is 6.34. The first-order chi connectivity index (χ1) is 9.42. The van der Waals surface area contributed by atoms with Crippen LogP contribution in [0.5, 0.6) is 5.75 Å². The highest BCUT2D eigenvalue weighted by Gasteiger charge is 2.15. The fourth-order valence-corrected chi connectivity index (χ4v) is 2.24. The van der Waals surface area contributed by atoms with Crippen LogP contribution in [0.2, 0.25) is 0 Å². The van der Waals surface area contributed by atoms with E-state index in [0.29, 0.717) is 16.8 Å². The Morgan fingerprint density at radius 3 is 2.65 bits per heavy atom. The van der Waals surface area contributed by atoms with Gasteiger partial charge in [-0.1, -0.05) is 35.8 Å². The summed E-state index contributed by atoms with van der Waals surface area (Å²) in [6.07, 6.45) is 0.838. The Hall–Kier alpha value is -1.17. The van der Waals surface area contributed by atoms with Crippen molar-refractivity contribution in [2.24, 2.45) is 5.92 Å². The molecular formula is C14H18BrF2NO2. The maximum Gasteiger partial charge on any atom is 0.387 e. The Morgan fingerprint density at radius 2 is 2.10 bits per heavy atom. The van der Waals surface area contributed by atoms with Crippen molar-refractivity contribution in [3.8, 4) is 5.75 Å². The standard InChI is InChI=1S/C14H18BrF2NO2/c1-9(2)6-11(8-15)18-13(19)10-4-3-5-12(7-10)20-14(16)17/h3-5,7,9,11,14H,6,8H2,1-2H3,(H,18,19). The molecule has 0 aliphatic rings. The minimum atomic E-state index is -2.90. The van der Waals surface area contributed by atoms with Gasteiger partial charge in [0.05, 0.1) is 0 Å². The molecule has 112 valence electrons. The van der Waals surface area contributed by atoms with E-state index >= 15 is 0 Å². The first kappa shape index (κ1) is 16.9. The Morgan fingerprint density at radius 1 is 1.40 bits per heavy atom. The lowest BCUT2D eigenvalue weighted by molar-refractivity contribution is -0.0498. The molecule has 0 heterocycles. The Balaban J connectivity index is 2.71. The zero-order valence-electron chi connectivity index (χ0n) is 11.4. The second kappa shape index (κ2) is 8.19. The van der Waals surface area contributed by atoms with Gasteiger partial charge in [0.2, 0.25) is 0 Å². The van der Waals surface area contributed by atoms with Crippen molar-refractivity contribution in [1.82, 2.24) is 5.32 Å². The predicted octanol–water partition coefficient (Wildman–Crippen LogP) is 3.83. The molecule has 6 heteroatoms. The summed E-state index contributed by atoms with van der Waals surface area (Å²) in [6, 6.07) is 5.77. The molecule has 0 aliphatic heterocycles. The second-order valence-electron chi connectivity index (χ2n) is 4.86. The van der Waals surface area contributed by atoms with Crippen LogP contribution in [-0.2, 0) is 0 Å². The van der Waals surface area contributed by atoms with Gasteiger partial charge in [-0.3, -0.25) is 4.79 Å². The monoisotopic (exact) mass is 349 g/mol. The van der Waals surface area contributed by atoms with Crippen LogP contribution < -0.4 is 10.1 Å². The van der Waals surface area contributed by atoms with Crippen molar-refractivity contribution in [1.29, 1.82) is 0 Å². The summed E-state index contributed by atoms with van der Waals surface area (Å²) >= 11 is 3.35. The summed E-state index contributed by atoms with van der Waals surface area (Å²) in [5.41, 5.74) is 0.304. The smallest absolute Gasteiger partial charge is 0.387 e. The van der Waals surface area contributed by atoms with Crippen LogP contribution in [-0.4, -0.2) is 23.9 Å². The summed E-state index contributed by atoms with van der Waals surface area (Å²) in [6.45, 7) is 1.24. The minimum absolute atomic E-state index is 0.00201. The highest BCUT2D eigenvalue weighted by atomic mass is 79.9. The number of alkyl halides is 3. The third-order valence-electron chi connectivity index (χ3n) is 2.60. The van der Waals surface area contributed by atoms with Crippen LogP contribution >= 0.6 is 15.9 Å². The van der Waals surface area contributed by atoms with Gasteiger partial charge in [-0.05, 0) is 30.5 Å². The number of carbonyl (C=O) groups is 1. The largest absolute Gasteiger partial charge is 0.435 e. The molecular weight excluding hydrogens is 332 g/mol. The summed E-state index contributed by atoms with van der Waals surface area (Å²) in [5.74, 6) is 0.132. The van der Waals surface area contributed by atoms with E-state index in [-0.39, 0.29) is 17.7 Å². The van der Waals surface area contributed by atoms with E-state index in [4.69, 9.17) is 0 Å². The molecule has 0 aromatic heterocycles. The van der Waals surface area contributed by atoms with E-state index < -0.39 is 6.61 Å². The number of benzene rings is 1.